The summed E-state index contributed by atoms with van der Waals surface area (Å²) < 4.78 is 34.3. The number of ether oxygens (including phenoxy) is 2. The topological polar surface area (TPSA) is 84.9 Å². The molecule has 1 heterocycles. The molecule has 0 saturated carbocycles. The number of imide groups is 1. The van der Waals surface area contributed by atoms with Crippen LogP contribution in [-0.2, 0) is 9.59 Å². The number of anilines is 2. The molecule has 0 atom stereocenters. The minimum absolute atomic E-state index is 0.0996. The Kier molecular flexibility index (Phi) is 5.53. The summed E-state index contributed by atoms with van der Waals surface area (Å²) in [5.41, 5.74) is 0.881. The summed E-state index contributed by atoms with van der Waals surface area (Å²) in [4.78, 5) is 37.0. The molecule has 2 aromatic carbocycles. The summed E-state index contributed by atoms with van der Waals surface area (Å²) in [5.74, 6) is -1.18. The van der Waals surface area contributed by atoms with E-state index in [2.05, 4.69) is 10.1 Å². The molecule has 0 aromatic heterocycles. The lowest BCUT2D eigenvalue weighted by Gasteiger charge is -2.14. The maximum Gasteiger partial charge on any atom is 0.387 e. The third-order valence-corrected chi connectivity index (χ3v) is 4.08. The van der Waals surface area contributed by atoms with Crippen LogP contribution in [0.5, 0.6) is 11.5 Å². The van der Waals surface area contributed by atoms with Crippen LogP contribution in [0.2, 0.25) is 0 Å². The molecule has 1 aliphatic heterocycles. The first-order valence-electron chi connectivity index (χ1n) is 8.29. The number of carbonyl (C=O) groups excluding carboxylic acids is 3. The average molecular weight is 390 g/mol. The highest BCUT2D eigenvalue weighted by atomic mass is 19.3. The molecular formula is C19H16F2N2O5. The van der Waals surface area contributed by atoms with Crippen molar-refractivity contribution in [3.63, 3.8) is 0 Å². The fourth-order valence-corrected chi connectivity index (χ4v) is 2.77. The first kappa shape index (κ1) is 19.3. The van der Waals surface area contributed by atoms with Crippen molar-refractivity contribution in [1.82, 2.24) is 0 Å². The number of rotatable bonds is 6. The highest BCUT2D eigenvalue weighted by molar-refractivity contribution is 6.20. The standard InChI is InChI=1S/C19H16F2N2O5/c1-27-14-7-4-12(10-15(14)28-19(20)21)22-18(26)11-2-5-13(6-3-11)23-16(24)8-9-17(23)25/h2-7,10,19H,8-9H2,1H3,(H,22,26). The first-order valence-corrected chi connectivity index (χ1v) is 8.29. The van der Waals surface area contributed by atoms with E-state index in [9.17, 15) is 23.2 Å². The number of nitrogens with zero attached hydrogens (tertiary/aromatic N) is 1. The Bertz CT molecular complexity index is 899. The molecule has 28 heavy (non-hydrogen) atoms. The van der Waals surface area contributed by atoms with Gasteiger partial charge < -0.3 is 14.8 Å². The third-order valence-electron chi connectivity index (χ3n) is 4.08. The van der Waals surface area contributed by atoms with Gasteiger partial charge in [0.15, 0.2) is 11.5 Å². The molecule has 3 rings (SSSR count). The molecule has 0 unspecified atom stereocenters. The maximum atomic E-state index is 12.5. The van der Waals surface area contributed by atoms with E-state index in [1.165, 1.54) is 49.6 Å². The minimum atomic E-state index is -3.04. The molecule has 2 aromatic rings. The molecular weight excluding hydrogens is 374 g/mol. The van der Waals surface area contributed by atoms with E-state index >= 15 is 0 Å². The second-order valence-electron chi connectivity index (χ2n) is 5.87. The summed E-state index contributed by atoms with van der Waals surface area (Å²) in [6, 6.07) is 10.0. The van der Waals surface area contributed by atoms with Crippen molar-refractivity contribution in [2.75, 3.05) is 17.3 Å². The Labute approximate surface area is 158 Å². The number of benzene rings is 2. The van der Waals surface area contributed by atoms with Crippen LogP contribution >= 0.6 is 0 Å². The Balaban J connectivity index is 1.74. The number of hydrogen-bond acceptors (Lipinski definition) is 5. The third kappa shape index (κ3) is 4.08. The Hall–Kier alpha value is -3.49. The number of alkyl halides is 2. The van der Waals surface area contributed by atoms with Crippen LogP contribution in [0.1, 0.15) is 23.2 Å². The zero-order valence-corrected chi connectivity index (χ0v) is 14.8. The van der Waals surface area contributed by atoms with Gasteiger partial charge in [-0.25, -0.2) is 0 Å². The molecule has 1 fully saturated rings. The van der Waals surface area contributed by atoms with Crippen LogP contribution in [0.15, 0.2) is 42.5 Å². The largest absolute Gasteiger partial charge is 0.493 e. The smallest absolute Gasteiger partial charge is 0.387 e. The highest BCUT2D eigenvalue weighted by Crippen LogP contribution is 2.31. The number of methoxy groups -OCH3 is 1. The molecule has 0 radical (unpaired) electrons. The fraction of sp³-hybridized carbons (Fsp3) is 0.211. The van der Waals surface area contributed by atoms with Gasteiger partial charge in [0, 0.05) is 30.2 Å². The molecule has 1 aliphatic rings. The SMILES string of the molecule is COc1ccc(NC(=O)c2ccc(N3C(=O)CCC3=O)cc2)cc1OC(F)F. The highest BCUT2D eigenvalue weighted by Gasteiger charge is 2.30. The Morgan fingerprint density at radius 1 is 1.04 bits per heavy atom. The molecule has 1 saturated heterocycles. The van der Waals surface area contributed by atoms with Gasteiger partial charge in [-0.05, 0) is 36.4 Å². The molecule has 0 aliphatic carbocycles. The van der Waals surface area contributed by atoms with Crippen LogP contribution in [0.25, 0.3) is 0 Å². The van der Waals surface area contributed by atoms with Gasteiger partial charge in [-0.3, -0.25) is 19.3 Å². The van der Waals surface area contributed by atoms with Crippen molar-refractivity contribution < 1.29 is 32.6 Å². The van der Waals surface area contributed by atoms with E-state index in [0.717, 1.165) is 4.90 Å². The van der Waals surface area contributed by atoms with Crippen LogP contribution in [-0.4, -0.2) is 31.4 Å². The molecule has 7 nitrogen and oxygen atoms in total. The molecule has 146 valence electrons. The minimum Gasteiger partial charge on any atom is -0.493 e. The lowest BCUT2D eigenvalue weighted by molar-refractivity contribution is -0.121. The summed E-state index contributed by atoms with van der Waals surface area (Å²) >= 11 is 0. The normalized spacial score (nSPS) is 13.8. The summed E-state index contributed by atoms with van der Waals surface area (Å²) in [7, 11) is 1.31. The van der Waals surface area contributed by atoms with Gasteiger partial charge >= 0.3 is 6.61 Å². The van der Waals surface area contributed by atoms with E-state index in [4.69, 9.17) is 4.74 Å². The van der Waals surface area contributed by atoms with Gasteiger partial charge in [-0.15, -0.1) is 0 Å². The van der Waals surface area contributed by atoms with Crippen LogP contribution in [0.4, 0.5) is 20.2 Å². The molecule has 9 heteroatoms. The van der Waals surface area contributed by atoms with Crippen molar-refractivity contribution in [3.8, 4) is 11.5 Å². The Morgan fingerprint density at radius 2 is 1.68 bits per heavy atom. The van der Waals surface area contributed by atoms with Crippen molar-refractivity contribution >= 4 is 29.1 Å². The second-order valence-corrected chi connectivity index (χ2v) is 5.87. The second kappa shape index (κ2) is 8.03. The average Bonchev–Trinajstić information content (AvgIpc) is 3.00. The van der Waals surface area contributed by atoms with E-state index in [1.54, 1.807) is 0 Å². The monoisotopic (exact) mass is 390 g/mol. The quantitative estimate of drug-likeness (QED) is 0.766. The zero-order chi connectivity index (χ0) is 20.3. The zero-order valence-electron chi connectivity index (χ0n) is 14.8. The Morgan fingerprint density at radius 3 is 2.25 bits per heavy atom. The molecule has 0 spiro atoms. The lowest BCUT2D eigenvalue weighted by Crippen LogP contribution is -2.28. The lowest BCUT2D eigenvalue weighted by atomic mass is 10.1. The molecule has 3 amide bonds. The number of hydrogen-bond donors (Lipinski definition) is 1. The summed E-state index contributed by atoms with van der Waals surface area (Å²) in [6.07, 6.45) is 0.336. The van der Waals surface area contributed by atoms with Gasteiger partial charge in [0.1, 0.15) is 0 Å². The summed E-state index contributed by atoms with van der Waals surface area (Å²) in [6.45, 7) is -3.04. The van der Waals surface area contributed by atoms with E-state index in [-0.39, 0.29) is 47.4 Å². The van der Waals surface area contributed by atoms with Crippen molar-refractivity contribution in [2.45, 2.75) is 19.5 Å². The van der Waals surface area contributed by atoms with Crippen LogP contribution < -0.4 is 19.7 Å². The van der Waals surface area contributed by atoms with Gasteiger partial charge in [0.2, 0.25) is 11.8 Å². The van der Waals surface area contributed by atoms with Gasteiger partial charge in [-0.1, -0.05) is 0 Å². The van der Waals surface area contributed by atoms with Gasteiger partial charge in [0.05, 0.1) is 12.8 Å². The van der Waals surface area contributed by atoms with Crippen LogP contribution in [0, 0.1) is 0 Å². The maximum absolute atomic E-state index is 12.5. The van der Waals surface area contributed by atoms with Crippen LogP contribution in [0.3, 0.4) is 0 Å². The van der Waals surface area contributed by atoms with E-state index in [1.807, 2.05) is 0 Å². The van der Waals surface area contributed by atoms with Crippen molar-refractivity contribution in [1.29, 1.82) is 0 Å². The number of amides is 3. The molecule has 0 bridgehead atoms. The number of nitrogens with one attached hydrogen (secondary N) is 1. The molecule has 1 N–H and O–H groups in total. The van der Waals surface area contributed by atoms with E-state index < -0.39 is 12.5 Å². The van der Waals surface area contributed by atoms with Gasteiger partial charge in [-0.2, -0.15) is 8.78 Å². The predicted octanol–water partition coefficient (Wildman–Crippen LogP) is 3.20. The fourth-order valence-electron chi connectivity index (χ4n) is 2.77. The number of carbonyl (C=O) groups is 3. The van der Waals surface area contributed by atoms with E-state index in [0.29, 0.717) is 5.69 Å². The van der Waals surface area contributed by atoms with Crippen molar-refractivity contribution in [3.05, 3.63) is 48.0 Å². The van der Waals surface area contributed by atoms with Crippen molar-refractivity contribution in [2.24, 2.45) is 0 Å². The predicted molar refractivity (Wildman–Crippen MR) is 95.7 cm³/mol. The number of halogens is 2. The first-order chi connectivity index (χ1) is 13.4. The summed E-state index contributed by atoms with van der Waals surface area (Å²) in [5, 5.41) is 2.56. The van der Waals surface area contributed by atoms with Gasteiger partial charge in [0.25, 0.3) is 5.91 Å².